The highest BCUT2D eigenvalue weighted by molar-refractivity contribution is 6.03. The Morgan fingerprint density at radius 2 is 2.10 bits per heavy atom. The molecule has 1 saturated heterocycles. The van der Waals surface area contributed by atoms with E-state index in [1.807, 2.05) is 12.1 Å². The lowest BCUT2D eigenvalue weighted by Crippen LogP contribution is -2.42. The van der Waals surface area contributed by atoms with Crippen LogP contribution in [0, 0.1) is 5.92 Å². The van der Waals surface area contributed by atoms with Crippen LogP contribution in [0.15, 0.2) is 12.1 Å². The number of amides is 2. The number of fused-ring (bicyclic) bond motifs is 1. The van der Waals surface area contributed by atoms with E-state index in [2.05, 4.69) is 15.5 Å². The van der Waals surface area contributed by atoms with Crippen LogP contribution in [0.4, 0.5) is 11.4 Å². The molecule has 3 N–H and O–H groups in total. The summed E-state index contributed by atoms with van der Waals surface area (Å²) in [6.07, 6.45) is 6.40. The average molecular weight is 432 g/mol. The van der Waals surface area contributed by atoms with Gasteiger partial charge in [-0.3, -0.25) is 14.5 Å². The number of carbonyl (C=O) groups excluding carboxylic acids is 2. The second-order valence-electron chi connectivity index (χ2n) is 8.67. The Kier molecular flexibility index (Phi) is 7.42. The summed E-state index contributed by atoms with van der Waals surface area (Å²) < 4.78 is 11.2. The van der Waals surface area contributed by atoms with Gasteiger partial charge in [0.15, 0.2) is 6.29 Å². The van der Waals surface area contributed by atoms with Crippen LogP contribution in [0.3, 0.4) is 0 Å². The monoisotopic (exact) mass is 431 g/mol. The second-order valence-corrected chi connectivity index (χ2v) is 8.67. The van der Waals surface area contributed by atoms with E-state index in [0.29, 0.717) is 44.0 Å². The number of carbonyl (C=O) groups is 2. The Labute approximate surface area is 183 Å². The van der Waals surface area contributed by atoms with Gasteiger partial charge in [-0.1, -0.05) is 19.3 Å². The van der Waals surface area contributed by atoms with Gasteiger partial charge >= 0.3 is 0 Å². The van der Waals surface area contributed by atoms with Gasteiger partial charge in [0.25, 0.3) is 0 Å². The van der Waals surface area contributed by atoms with Gasteiger partial charge in [-0.25, -0.2) is 0 Å². The third-order valence-corrected chi connectivity index (χ3v) is 6.38. The molecule has 1 aromatic carbocycles. The van der Waals surface area contributed by atoms with E-state index in [1.54, 1.807) is 0 Å². The Morgan fingerprint density at radius 1 is 1.26 bits per heavy atom. The van der Waals surface area contributed by atoms with Crippen molar-refractivity contribution in [2.45, 2.75) is 57.7 Å². The fourth-order valence-corrected chi connectivity index (χ4v) is 4.66. The summed E-state index contributed by atoms with van der Waals surface area (Å²) in [6, 6.07) is 3.73. The summed E-state index contributed by atoms with van der Waals surface area (Å²) in [4.78, 5) is 26.9. The fourth-order valence-electron chi connectivity index (χ4n) is 4.66. The van der Waals surface area contributed by atoms with Gasteiger partial charge in [0, 0.05) is 37.5 Å². The summed E-state index contributed by atoms with van der Waals surface area (Å²) >= 11 is 0. The summed E-state index contributed by atoms with van der Waals surface area (Å²) in [7, 11) is 0. The summed E-state index contributed by atoms with van der Waals surface area (Å²) in [6.45, 7) is 3.25. The van der Waals surface area contributed by atoms with Gasteiger partial charge in [-0.15, -0.1) is 0 Å². The molecule has 8 heteroatoms. The third kappa shape index (κ3) is 5.75. The molecule has 1 aromatic rings. The number of ether oxygens (including phenoxy) is 2. The number of nitrogens with zero attached hydrogens (tertiary/aromatic N) is 1. The van der Waals surface area contributed by atoms with Crippen LogP contribution in [0.25, 0.3) is 0 Å². The van der Waals surface area contributed by atoms with Gasteiger partial charge in [0.2, 0.25) is 11.8 Å². The predicted octanol–water partition coefficient (Wildman–Crippen LogP) is 2.51. The van der Waals surface area contributed by atoms with Crippen LogP contribution in [0.1, 0.15) is 50.5 Å². The van der Waals surface area contributed by atoms with E-state index >= 15 is 0 Å². The number of anilines is 2. The molecule has 2 heterocycles. The van der Waals surface area contributed by atoms with E-state index in [0.717, 1.165) is 56.5 Å². The molecular weight excluding hydrogens is 398 g/mol. The number of aliphatic hydroxyl groups excluding tert-OH is 1. The lowest BCUT2D eigenvalue weighted by atomic mass is 9.88. The molecule has 8 nitrogen and oxygen atoms in total. The van der Waals surface area contributed by atoms with E-state index in [9.17, 15) is 14.7 Å². The van der Waals surface area contributed by atoms with Crippen molar-refractivity contribution in [1.82, 2.24) is 4.90 Å². The standard InChI is InChI=1S/C23H33N3O5/c27-20-10-7-17-19(30-13-4-11-26-12-14-31-21(28)15-26)9-8-18(22(17)25-20)24-23(29)16-5-2-1-3-6-16/h8-9,16,21,28H,1-7,10-15H2,(H,24,29)(H,25,27). The van der Waals surface area contributed by atoms with Crippen LogP contribution in [0.2, 0.25) is 0 Å². The van der Waals surface area contributed by atoms with Crippen LogP contribution in [-0.4, -0.2) is 61.0 Å². The SMILES string of the molecule is O=C1CCc2c(OCCCN3CCOC(O)C3)ccc(NC(=O)C3CCCCC3)c2N1. The maximum atomic E-state index is 12.7. The van der Waals surface area contributed by atoms with Crippen molar-refractivity contribution in [1.29, 1.82) is 0 Å². The number of nitrogens with one attached hydrogen (secondary N) is 2. The minimum Gasteiger partial charge on any atom is -0.493 e. The first-order chi connectivity index (χ1) is 15.1. The first-order valence-electron chi connectivity index (χ1n) is 11.5. The number of benzene rings is 1. The molecule has 0 radical (unpaired) electrons. The molecule has 170 valence electrons. The zero-order valence-corrected chi connectivity index (χ0v) is 18.0. The topological polar surface area (TPSA) is 100 Å². The zero-order chi connectivity index (χ0) is 21.6. The minimum atomic E-state index is -0.707. The van der Waals surface area contributed by atoms with E-state index in [-0.39, 0.29) is 17.7 Å². The molecule has 0 aromatic heterocycles. The molecule has 1 aliphatic carbocycles. The number of hydrogen-bond donors (Lipinski definition) is 3. The Hall–Kier alpha value is -2.16. The highest BCUT2D eigenvalue weighted by Crippen LogP contribution is 2.38. The van der Waals surface area contributed by atoms with Crippen molar-refractivity contribution in [2.75, 3.05) is 43.5 Å². The molecule has 2 aliphatic heterocycles. The lowest BCUT2D eigenvalue weighted by molar-refractivity contribution is -0.146. The summed E-state index contributed by atoms with van der Waals surface area (Å²) in [5, 5.41) is 15.6. The van der Waals surface area contributed by atoms with E-state index in [4.69, 9.17) is 9.47 Å². The van der Waals surface area contributed by atoms with E-state index < -0.39 is 6.29 Å². The molecule has 3 aliphatic rings. The van der Waals surface area contributed by atoms with Crippen molar-refractivity contribution in [3.8, 4) is 5.75 Å². The molecule has 2 fully saturated rings. The highest BCUT2D eigenvalue weighted by Gasteiger charge is 2.26. The van der Waals surface area contributed by atoms with Gasteiger partial charge in [0.1, 0.15) is 5.75 Å². The van der Waals surface area contributed by atoms with Gasteiger partial charge < -0.3 is 25.2 Å². The molecule has 1 unspecified atom stereocenters. The Morgan fingerprint density at radius 3 is 2.90 bits per heavy atom. The smallest absolute Gasteiger partial charge is 0.227 e. The number of morpholine rings is 1. The quantitative estimate of drug-likeness (QED) is 0.574. The maximum absolute atomic E-state index is 12.7. The van der Waals surface area contributed by atoms with Crippen LogP contribution < -0.4 is 15.4 Å². The molecule has 2 amide bonds. The van der Waals surface area contributed by atoms with Gasteiger partial charge in [-0.05, 0) is 37.8 Å². The van der Waals surface area contributed by atoms with Crippen LogP contribution >= 0.6 is 0 Å². The second kappa shape index (κ2) is 10.4. The van der Waals surface area contributed by atoms with Crippen LogP contribution in [-0.2, 0) is 20.7 Å². The Bertz CT molecular complexity index is 794. The van der Waals surface area contributed by atoms with Gasteiger partial charge in [0.05, 0.1) is 24.6 Å². The van der Waals surface area contributed by atoms with Crippen molar-refractivity contribution >= 4 is 23.2 Å². The first kappa shape index (κ1) is 22.0. The highest BCUT2D eigenvalue weighted by atomic mass is 16.6. The van der Waals surface area contributed by atoms with Crippen molar-refractivity contribution in [3.63, 3.8) is 0 Å². The molecule has 1 saturated carbocycles. The summed E-state index contributed by atoms with van der Waals surface area (Å²) in [5.41, 5.74) is 2.28. The van der Waals surface area contributed by atoms with Gasteiger partial charge in [-0.2, -0.15) is 0 Å². The number of hydrogen-bond acceptors (Lipinski definition) is 6. The zero-order valence-electron chi connectivity index (χ0n) is 18.0. The molecule has 31 heavy (non-hydrogen) atoms. The van der Waals surface area contributed by atoms with Crippen molar-refractivity contribution in [2.24, 2.45) is 5.92 Å². The third-order valence-electron chi connectivity index (χ3n) is 6.38. The average Bonchev–Trinajstić information content (AvgIpc) is 2.78. The largest absolute Gasteiger partial charge is 0.493 e. The number of rotatable bonds is 7. The van der Waals surface area contributed by atoms with Crippen molar-refractivity contribution < 1.29 is 24.2 Å². The van der Waals surface area contributed by atoms with E-state index in [1.165, 1.54) is 6.42 Å². The fraction of sp³-hybridized carbons (Fsp3) is 0.652. The maximum Gasteiger partial charge on any atom is 0.227 e. The molecular formula is C23H33N3O5. The Balaban J connectivity index is 1.37. The molecule has 0 bridgehead atoms. The first-order valence-corrected chi connectivity index (χ1v) is 11.5. The molecule has 1 atom stereocenters. The predicted molar refractivity (Wildman–Crippen MR) is 117 cm³/mol. The number of aliphatic hydroxyl groups is 1. The lowest BCUT2D eigenvalue weighted by Gasteiger charge is -2.30. The number of β-amino-alcohol motifs (C(OH)–C–C–N with tert-alkyl or cyclic N) is 1. The molecule has 4 rings (SSSR count). The van der Waals surface area contributed by atoms with Crippen molar-refractivity contribution in [3.05, 3.63) is 17.7 Å². The molecule has 0 spiro atoms. The van der Waals surface area contributed by atoms with Crippen LogP contribution in [0.5, 0.6) is 5.75 Å². The minimum absolute atomic E-state index is 0.0382. The normalized spacial score (nSPS) is 22.5. The summed E-state index contributed by atoms with van der Waals surface area (Å²) in [5.74, 6) is 0.817.